The minimum atomic E-state index is -2.04. The molecule has 0 spiro atoms. The number of methoxy groups -OCH3 is 3. The Hall–Kier alpha value is -3.87. The first-order chi connectivity index (χ1) is 31.4. The molecule has 7 rings (SSSR count). The molecule has 4 aliphatic heterocycles. The minimum absolute atomic E-state index is 0.0498. The number of hydrogen-bond donors (Lipinski definition) is 11. The van der Waals surface area contributed by atoms with E-state index < -0.39 is 141 Å². The molecule has 24 nitrogen and oxygen atoms in total. The van der Waals surface area contributed by atoms with Gasteiger partial charge in [-0.25, -0.2) is 0 Å². The van der Waals surface area contributed by atoms with Crippen molar-refractivity contribution in [2.45, 2.75) is 137 Å². The molecule has 4 saturated heterocycles. The molecule has 4 fully saturated rings. The Kier molecular flexibility index (Phi) is 15.7. The molecule has 0 radical (unpaired) electrons. The van der Waals surface area contributed by atoms with Crippen LogP contribution in [0.2, 0.25) is 0 Å². The van der Waals surface area contributed by atoms with Crippen LogP contribution in [-0.4, -0.2) is 214 Å². The lowest BCUT2D eigenvalue weighted by atomic mass is 9.96. The molecule has 4 aliphatic rings. The molecule has 11 N–H and O–H groups in total. The highest BCUT2D eigenvalue weighted by molar-refractivity contribution is 5.91. The third-order valence-electron chi connectivity index (χ3n) is 12.1. The first-order valence-corrected chi connectivity index (χ1v) is 20.9. The van der Waals surface area contributed by atoms with Crippen LogP contribution in [0.1, 0.15) is 13.8 Å². The van der Waals surface area contributed by atoms with Gasteiger partial charge in [-0.05, 0) is 31.5 Å². The molecular weight excluding hydrogens is 888 g/mol. The highest BCUT2D eigenvalue weighted by Gasteiger charge is 2.53. The fraction of sp³-hybridized carbons (Fsp3) is 0.643. The predicted molar refractivity (Wildman–Crippen MR) is 217 cm³/mol. The molecule has 3 aromatic rings. The normalized spacial score (nSPS) is 39.6. The molecule has 20 atom stereocenters. The second kappa shape index (κ2) is 20.8. The van der Waals surface area contributed by atoms with E-state index in [0.717, 1.165) is 0 Å². The summed E-state index contributed by atoms with van der Waals surface area (Å²) in [6.45, 7) is 1.49. The summed E-state index contributed by atoms with van der Waals surface area (Å²) in [5.41, 5.74) is 0.0838. The minimum Gasteiger partial charge on any atom is -0.497 e. The monoisotopic (exact) mass is 944 g/mol. The lowest BCUT2D eigenvalue weighted by Gasteiger charge is -2.47. The van der Waals surface area contributed by atoms with E-state index in [1.807, 2.05) is 0 Å². The SMILES string of the molecule is COc1ccc(-c2coc3cc(O[C@@H]4O[C@H](CO[C@@H]5O[C@@H](C)[C@H](O)[C@@H](O)[C@H]5O)[C@@H](O)[C@H](O[C@@H]5O[C@H](CO[C@@H]6O[C@@H](C)[C@H](O)[C@@H](O)[C@H]6O)[C@@H](O)[C@H](O)[C@H]5O)[C@H]4O)c(OC)c(OC)c3c2=O)cc1. The molecule has 1 aromatic heterocycles. The van der Waals surface area contributed by atoms with Crippen molar-refractivity contribution in [2.75, 3.05) is 34.5 Å². The number of aliphatic hydroxyl groups excluding tert-OH is 11. The number of ether oxygens (including phenoxy) is 11. The summed E-state index contributed by atoms with van der Waals surface area (Å²) in [5, 5.41) is 118. The molecule has 0 unspecified atom stereocenters. The van der Waals surface area contributed by atoms with E-state index >= 15 is 0 Å². The van der Waals surface area contributed by atoms with Crippen LogP contribution in [0.15, 0.2) is 45.8 Å². The standard InChI is InChI=1S/C42H56O24/c1-14-24(43)29(48)32(51)39(61-14)59-12-21-27(46)31(50)34(53)41(64-21)66-38-28(47)22(13-60-40-33(52)30(49)25(44)15(2)62-40)65-42(35(38)54)63-20-10-19-23(37(57-5)36(20)56-4)26(45)18(11-58-19)16-6-8-17(55-3)9-7-16/h6-11,14-15,21-22,24-25,27-35,38-44,46-54H,12-13H2,1-5H3/t14-,15-,21+,22+,24-,25-,27+,28+,29+,30+,31-,32+,33+,34+,35+,38-,39+,40+,41-,42+/m0/s1. The Balaban J connectivity index is 1.17. The smallest absolute Gasteiger partial charge is 0.229 e. The van der Waals surface area contributed by atoms with E-state index in [2.05, 4.69) is 0 Å². The maximum atomic E-state index is 14.0. The second-order valence-corrected chi connectivity index (χ2v) is 16.3. The molecule has 0 aliphatic carbocycles. The molecular formula is C42H56O24. The van der Waals surface area contributed by atoms with Crippen LogP contribution in [0.5, 0.6) is 23.0 Å². The Bertz CT molecular complexity index is 2140. The lowest BCUT2D eigenvalue weighted by molar-refractivity contribution is -0.363. The van der Waals surface area contributed by atoms with Gasteiger partial charge >= 0.3 is 0 Å². The van der Waals surface area contributed by atoms with E-state index in [9.17, 15) is 61.0 Å². The number of benzene rings is 2. The number of fused-ring (bicyclic) bond motifs is 1. The van der Waals surface area contributed by atoms with Crippen molar-refractivity contribution in [3.05, 3.63) is 46.8 Å². The summed E-state index contributed by atoms with van der Waals surface area (Å²) in [6, 6.07) is 7.89. The molecule has 66 heavy (non-hydrogen) atoms. The molecule has 2 aromatic carbocycles. The van der Waals surface area contributed by atoms with Crippen LogP contribution in [0.25, 0.3) is 22.1 Å². The van der Waals surface area contributed by atoms with Crippen molar-refractivity contribution < 1.29 is 113 Å². The van der Waals surface area contributed by atoms with Gasteiger partial charge in [-0.2, -0.15) is 0 Å². The van der Waals surface area contributed by atoms with E-state index in [1.165, 1.54) is 47.5 Å². The maximum absolute atomic E-state index is 14.0. The lowest BCUT2D eigenvalue weighted by Crippen LogP contribution is -2.66. The highest BCUT2D eigenvalue weighted by Crippen LogP contribution is 2.44. The Morgan fingerprint density at radius 1 is 0.545 bits per heavy atom. The van der Waals surface area contributed by atoms with Crippen LogP contribution in [-0.2, 0) is 33.2 Å². The van der Waals surface area contributed by atoms with E-state index in [0.29, 0.717) is 11.3 Å². The zero-order chi connectivity index (χ0) is 47.9. The second-order valence-electron chi connectivity index (χ2n) is 16.3. The predicted octanol–water partition coefficient (Wildman–Crippen LogP) is -3.81. The van der Waals surface area contributed by atoms with Gasteiger partial charge in [-0.3, -0.25) is 4.79 Å². The van der Waals surface area contributed by atoms with Gasteiger partial charge < -0.3 is 113 Å². The van der Waals surface area contributed by atoms with Gasteiger partial charge in [0.25, 0.3) is 0 Å². The van der Waals surface area contributed by atoms with Crippen molar-refractivity contribution in [3.63, 3.8) is 0 Å². The summed E-state index contributed by atoms with van der Waals surface area (Å²) in [7, 11) is 4.00. The fourth-order valence-corrected chi connectivity index (χ4v) is 8.08. The van der Waals surface area contributed by atoms with Crippen LogP contribution < -0.4 is 24.4 Å². The Morgan fingerprint density at radius 3 is 1.61 bits per heavy atom. The largest absolute Gasteiger partial charge is 0.497 e. The quantitative estimate of drug-likeness (QED) is 0.0738. The van der Waals surface area contributed by atoms with Crippen molar-refractivity contribution in [3.8, 4) is 34.1 Å². The van der Waals surface area contributed by atoms with Gasteiger partial charge in [0.1, 0.15) is 108 Å². The van der Waals surface area contributed by atoms with Crippen molar-refractivity contribution in [1.82, 2.24) is 0 Å². The maximum Gasteiger partial charge on any atom is 0.229 e. The number of aliphatic hydroxyl groups is 11. The number of hydrogen-bond acceptors (Lipinski definition) is 24. The first kappa shape index (κ1) is 50.0. The first-order valence-electron chi connectivity index (χ1n) is 20.9. The molecule has 0 bridgehead atoms. The summed E-state index contributed by atoms with van der Waals surface area (Å²) in [6.07, 6.45) is -32.4. The molecule has 5 heterocycles. The van der Waals surface area contributed by atoms with Gasteiger partial charge in [0.05, 0.1) is 52.3 Å². The van der Waals surface area contributed by atoms with Gasteiger partial charge in [0, 0.05) is 6.07 Å². The topological polar surface area (TPSA) is 354 Å². The fourth-order valence-electron chi connectivity index (χ4n) is 8.08. The van der Waals surface area contributed by atoms with Gasteiger partial charge in [0.15, 0.2) is 30.4 Å². The van der Waals surface area contributed by atoms with Gasteiger partial charge in [0.2, 0.25) is 17.5 Å². The van der Waals surface area contributed by atoms with Gasteiger partial charge in [-0.1, -0.05) is 12.1 Å². The van der Waals surface area contributed by atoms with Crippen LogP contribution in [0.3, 0.4) is 0 Å². The Labute approximate surface area is 375 Å². The Morgan fingerprint density at radius 2 is 1.06 bits per heavy atom. The third kappa shape index (κ3) is 9.71. The summed E-state index contributed by atoms with van der Waals surface area (Å²) >= 11 is 0. The average Bonchev–Trinajstić information content (AvgIpc) is 3.31. The summed E-state index contributed by atoms with van der Waals surface area (Å²) in [4.78, 5) is 14.0. The third-order valence-corrected chi connectivity index (χ3v) is 12.1. The van der Waals surface area contributed by atoms with Crippen molar-refractivity contribution in [2.24, 2.45) is 0 Å². The molecule has 0 amide bonds. The van der Waals surface area contributed by atoms with Crippen LogP contribution in [0.4, 0.5) is 0 Å². The molecule has 24 heteroatoms. The van der Waals surface area contributed by atoms with E-state index in [-0.39, 0.29) is 33.8 Å². The van der Waals surface area contributed by atoms with Crippen molar-refractivity contribution >= 4 is 11.0 Å². The summed E-state index contributed by atoms with van der Waals surface area (Å²) in [5.74, 6) is 0.00247. The highest BCUT2D eigenvalue weighted by atomic mass is 16.8. The van der Waals surface area contributed by atoms with Crippen molar-refractivity contribution in [1.29, 1.82) is 0 Å². The number of rotatable bonds is 14. The zero-order valence-corrected chi connectivity index (χ0v) is 36.2. The molecule has 0 saturated carbocycles. The van der Waals surface area contributed by atoms with Crippen LogP contribution >= 0.6 is 0 Å². The average molecular weight is 945 g/mol. The zero-order valence-electron chi connectivity index (χ0n) is 36.2. The molecule has 368 valence electrons. The van der Waals surface area contributed by atoms with Crippen LogP contribution in [0, 0.1) is 0 Å². The van der Waals surface area contributed by atoms with E-state index in [4.69, 9.17) is 56.5 Å². The van der Waals surface area contributed by atoms with Gasteiger partial charge in [-0.15, -0.1) is 0 Å². The van der Waals surface area contributed by atoms with E-state index in [1.54, 1.807) is 24.3 Å². The summed E-state index contributed by atoms with van der Waals surface area (Å²) < 4.78 is 68.5.